The lowest BCUT2D eigenvalue weighted by atomic mass is 9.85. The van der Waals surface area contributed by atoms with Gasteiger partial charge >= 0.3 is 0 Å². The second kappa shape index (κ2) is 5.28. The Labute approximate surface area is 146 Å². The molecule has 3 heteroatoms. The third-order valence-electron chi connectivity index (χ3n) is 5.67. The van der Waals surface area contributed by atoms with Crippen LogP contribution in [0.2, 0.25) is 0 Å². The number of nitrogens with one attached hydrogen (secondary N) is 1. The Morgan fingerprint density at radius 3 is 1.56 bits per heavy atom. The van der Waals surface area contributed by atoms with Crippen LogP contribution in [0.4, 0.5) is 0 Å². The summed E-state index contributed by atoms with van der Waals surface area (Å²) in [7, 11) is 0. The quantitative estimate of drug-likeness (QED) is 0.680. The van der Waals surface area contributed by atoms with Crippen molar-refractivity contribution in [2.24, 2.45) is 23.7 Å². The Balaban J connectivity index is 1.75. The summed E-state index contributed by atoms with van der Waals surface area (Å²) < 4.78 is 0. The van der Waals surface area contributed by atoms with Crippen molar-refractivity contribution >= 4 is 17.4 Å². The molecule has 5 rings (SSSR count). The second-order valence-electron chi connectivity index (χ2n) is 6.90. The number of amides is 2. The lowest BCUT2D eigenvalue weighted by molar-refractivity contribution is -0.126. The van der Waals surface area contributed by atoms with Crippen LogP contribution >= 0.6 is 0 Å². The number of allylic oxidation sites excluding steroid dienone is 3. The third kappa shape index (κ3) is 1.99. The number of hydrogen-bond donors (Lipinski definition) is 1. The zero-order chi connectivity index (χ0) is 17.0. The van der Waals surface area contributed by atoms with Crippen LogP contribution in [-0.4, -0.2) is 11.8 Å². The summed E-state index contributed by atoms with van der Waals surface area (Å²) in [5.41, 5.74) is 4.65. The summed E-state index contributed by atoms with van der Waals surface area (Å²) >= 11 is 0. The van der Waals surface area contributed by atoms with Gasteiger partial charge in [0.1, 0.15) is 0 Å². The zero-order valence-electron chi connectivity index (χ0n) is 13.6. The maximum absolute atomic E-state index is 12.3. The van der Waals surface area contributed by atoms with Gasteiger partial charge in [0, 0.05) is 11.8 Å². The summed E-state index contributed by atoms with van der Waals surface area (Å²) in [5, 5.41) is 2.52. The third-order valence-corrected chi connectivity index (χ3v) is 5.67. The van der Waals surface area contributed by atoms with Gasteiger partial charge in [-0.3, -0.25) is 14.9 Å². The summed E-state index contributed by atoms with van der Waals surface area (Å²) in [4.78, 5) is 24.6. The summed E-state index contributed by atoms with van der Waals surface area (Å²) in [6.07, 6.45) is 4.23. The Hall–Kier alpha value is -2.94. The molecule has 2 aromatic carbocycles. The van der Waals surface area contributed by atoms with Crippen molar-refractivity contribution in [2.45, 2.75) is 0 Å². The van der Waals surface area contributed by atoms with Gasteiger partial charge in [0.15, 0.2) is 0 Å². The van der Waals surface area contributed by atoms with Gasteiger partial charge in [-0.05, 0) is 22.3 Å². The molecule has 122 valence electrons. The van der Waals surface area contributed by atoms with E-state index in [0.29, 0.717) is 0 Å². The molecule has 2 bridgehead atoms. The maximum Gasteiger partial charge on any atom is 0.231 e. The highest BCUT2D eigenvalue weighted by molar-refractivity contribution is 6.08. The van der Waals surface area contributed by atoms with Gasteiger partial charge in [-0.15, -0.1) is 0 Å². The first-order valence-corrected chi connectivity index (χ1v) is 8.63. The first-order chi connectivity index (χ1) is 12.3. The topological polar surface area (TPSA) is 46.2 Å². The second-order valence-corrected chi connectivity index (χ2v) is 6.90. The number of benzene rings is 2. The normalized spacial score (nSPS) is 29.0. The van der Waals surface area contributed by atoms with E-state index in [9.17, 15) is 9.59 Å². The minimum absolute atomic E-state index is 0.0110. The van der Waals surface area contributed by atoms with E-state index >= 15 is 0 Å². The average Bonchev–Trinajstić information content (AvgIpc) is 3.29. The van der Waals surface area contributed by atoms with Crippen LogP contribution in [0, 0.1) is 23.7 Å². The van der Waals surface area contributed by atoms with Gasteiger partial charge in [0.2, 0.25) is 11.8 Å². The van der Waals surface area contributed by atoms with E-state index in [1.807, 2.05) is 36.4 Å². The lowest BCUT2D eigenvalue weighted by Crippen LogP contribution is -2.26. The van der Waals surface area contributed by atoms with Crippen LogP contribution in [0.3, 0.4) is 0 Å². The molecule has 0 spiro atoms. The molecule has 1 aliphatic heterocycles. The fraction of sp³-hybridized carbons (Fsp3) is 0.182. The fourth-order valence-electron chi connectivity index (χ4n) is 4.73. The van der Waals surface area contributed by atoms with Crippen LogP contribution < -0.4 is 5.32 Å². The molecule has 0 aromatic heterocycles. The number of fused-ring (bicyclic) bond motifs is 5. The van der Waals surface area contributed by atoms with E-state index < -0.39 is 0 Å². The number of carbonyl (C=O) groups excluding carboxylic acids is 2. The van der Waals surface area contributed by atoms with Crippen LogP contribution in [0.5, 0.6) is 0 Å². The van der Waals surface area contributed by atoms with Gasteiger partial charge in [-0.1, -0.05) is 72.8 Å². The van der Waals surface area contributed by atoms with Crippen LogP contribution in [0.25, 0.3) is 5.57 Å². The lowest BCUT2D eigenvalue weighted by Gasteiger charge is -2.18. The molecule has 25 heavy (non-hydrogen) atoms. The van der Waals surface area contributed by atoms with Crippen LogP contribution in [0.1, 0.15) is 11.1 Å². The molecule has 2 fully saturated rings. The minimum atomic E-state index is -0.250. The van der Waals surface area contributed by atoms with Crippen molar-refractivity contribution in [3.63, 3.8) is 0 Å². The number of carbonyl (C=O) groups is 2. The molecule has 1 saturated heterocycles. The van der Waals surface area contributed by atoms with Gasteiger partial charge < -0.3 is 0 Å². The summed E-state index contributed by atoms with van der Waals surface area (Å²) in [6.45, 7) is 0. The number of rotatable bonds is 2. The Bertz CT molecular complexity index is 854. The molecular formula is C22H17NO2. The molecule has 1 saturated carbocycles. The Kier molecular flexibility index (Phi) is 3.04. The van der Waals surface area contributed by atoms with Gasteiger partial charge in [-0.25, -0.2) is 0 Å². The molecule has 4 atom stereocenters. The van der Waals surface area contributed by atoms with Crippen LogP contribution in [-0.2, 0) is 9.59 Å². The largest absolute Gasteiger partial charge is 0.296 e. The summed E-state index contributed by atoms with van der Waals surface area (Å²) in [5.74, 6) is -0.719. The van der Waals surface area contributed by atoms with E-state index in [0.717, 1.165) is 16.7 Å². The average molecular weight is 327 g/mol. The van der Waals surface area contributed by atoms with Gasteiger partial charge in [0.05, 0.1) is 11.8 Å². The predicted molar refractivity (Wildman–Crippen MR) is 95.2 cm³/mol. The van der Waals surface area contributed by atoms with Crippen molar-refractivity contribution in [3.8, 4) is 0 Å². The van der Waals surface area contributed by atoms with Gasteiger partial charge in [0.25, 0.3) is 0 Å². The van der Waals surface area contributed by atoms with E-state index in [1.165, 1.54) is 5.57 Å². The monoisotopic (exact) mass is 327 g/mol. The number of hydrogen-bond acceptors (Lipinski definition) is 2. The van der Waals surface area contributed by atoms with Crippen molar-refractivity contribution in [1.82, 2.24) is 5.32 Å². The first kappa shape index (κ1) is 14.4. The smallest absolute Gasteiger partial charge is 0.231 e. The van der Waals surface area contributed by atoms with Crippen molar-refractivity contribution < 1.29 is 9.59 Å². The SMILES string of the molecule is O=C1NC(=O)[C@@H]2[C@@H]1[C@H]1C=C[C@H]2C1=C(c1ccccc1)c1ccccc1. The molecule has 1 heterocycles. The minimum Gasteiger partial charge on any atom is -0.296 e. The highest BCUT2D eigenvalue weighted by atomic mass is 16.2. The van der Waals surface area contributed by atoms with Crippen molar-refractivity contribution in [1.29, 1.82) is 0 Å². The first-order valence-electron chi connectivity index (χ1n) is 8.63. The fourth-order valence-corrected chi connectivity index (χ4v) is 4.73. The van der Waals surface area contributed by atoms with E-state index in [-0.39, 0.29) is 35.5 Å². The molecule has 1 N–H and O–H groups in total. The molecule has 3 aliphatic rings. The number of imide groups is 1. The highest BCUT2D eigenvalue weighted by Gasteiger charge is 2.59. The molecule has 2 aromatic rings. The highest BCUT2D eigenvalue weighted by Crippen LogP contribution is 2.56. The molecule has 2 amide bonds. The van der Waals surface area contributed by atoms with E-state index in [2.05, 4.69) is 41.7 Å². The van der Waals surface area contributed by atoms with Crippen LogP contribution in [0.15, 0.2) is 78.4 Å². The molecule has 3 nitrogen and oxygen atoms in total. The zero-order valence-corrected chi connectivity index (χ0v) is 13.6. The molecular weight excluding hydrogens is 310 g/mol. The van der Waals surface area contributed by atoms with E-state index in [1.54, 1.807) is 0 Å². The van der Waals surface area contributed by atoms with E-state index in [4.69, 9.17) is 0 Å². The van der Waals surface area contributed by atoms with Gasteiger partial charge in [-0.2, -0.15) is 0 Å². The van der Waals surface area contributed by atoms with Crippen molar-refractivity contribution in [3.05, 3.63) is 89.5 Å². The molecule has 0 unspecified atom stereocenters. The standard InChI is InChI=1S/C22H17NO2/c24-21-19-15-11-12-16(20(19)22(25)23-21)18(15)17(13-7-3-1-4-8-13)14-9-5-2-6-10-14/h1-12,15-16,19-20H,(H,23,24,25)/t15-,16-,19-,20-/m0/s1. The predicted octanol–water partition coefficient (Wildman–Crippen LogP) is 3.19. The summed E-state index contributed by atoms with van der Waals surface area (Å²) in [6, 6.07) is 20.5. The Morgan fingerprint density at radius 1 is 0.680 bits per heavy atom. The van der Waals surface area contributed by atoms with Crippen molar-refractivity contribution in [2.75, 3.05) is 0 Å². The maximum atomic E-state index is 12.3. The molecule has 0 radical (unpaired) electrons. The Morgan fingerprint density at radius 2 is 1.12 bits per heavy atom. The molecule has 2 aliphatic carbocycles.